The average molecular weight is 551 g/mol. The molecule has 12 heteroatoms. The molecule has 1 aromatic carbocycles. The van der Waals surface area contributed by atoms with Crippen LogP contribution in [-0.2, 0) is 6.18 Å². The summed E-state index contributed by atoms with van der Waals surface area (Å²) >= 11 is 0. The van der Waals surface area contributed by atoms with E-state index in [4.69, 9.17) is 0 Å². The van der Waals surface area contributed by atoms with Gasteiger partial charge in [0.2, 0.25) is 5.95 Å². The van der Waals surface area contributed by atoms with Gasteiger partial charge in [-0.3, -0.25) is 4.99 Å². The van der Waals surface area contributed by atoms with Crippen LogP contribution >= 0.6 is 24.0 Å². The Balaban J connectivity index is 0.00000341. The van der Waals surface area contributed by atoms with Crippen molar-refractivity contribution in [3.05, 3.63) is 42.2 Å². The van der Waals surface area contributed by atoms with Gasteiger partial charge in [-0.1, -0.05) is 12.1 Å². The van der Waals surface area contributed by atoms with Gasteiger partial charge in [0.25, 0.3) is 0 Å². The van der Waals surface area contributed by atoms with Crippen molar-refractivity contribution in [3.63, 3.8) is 0 Å². The van der Waals surface area contributed by atoms with E-state index >= 15 is 0 Å². The number of rotatable bonds is 5. The highest BCUT2D eigenvalue weighted by Gasteiger charge is 2.32. The Morgan fingerprint density at radius 1 is 1.13 bits per heavy atom. The Labute approximate surface area is 195 Å². The minimum atomic E-state index is -4.50. The number of hydrogen-bond donors (Lipinski definition) is 3. The Hall–Kier alpha value is -2.51. The highest BCUT2D eigenvalue weighted by atomic mass is 127. The van der Waals surface area contributed by atoms with Crippen LogP contribution in [0.2, 0.25) is 0 Å². The van der Waals surface area contributed by atoms with Gasteiger partial charge in [0, 0.05) is 52.5 Å². The Morgan fingerprint density at radius 3 is 2.48 bits per heavy atom. The fourth-order valence-corrected chi connectivity index (χ4v) is 3.17. The maximum atomic E-state index is 12.7. The van der Waals surface area contributed by atoms with Crippen LogP contribution in [0.25, 0.3) is 0 Å². The molecular weight excluding hydrogens is 526 g/mol. The quantitative estimate of drug-likeness (QED) is 0.228. The molecule has 1 aromatic heterocycles. The first-order chi connectivity index (χ1) is 14.4. The number of alkyl halides is 3. The molecule has 1 aliphatic rings. The number of para-hydroxylation sites is 2. The van der Waals surface area contributed by atoms with Gasteiger partial charge in [0.05, 0.1) is 5.69 Å². The number of piperazine rings is 1. The molecule has 0 spiro atoms. The maximum absolute atomic E-state index is 12.7. The average Bonchev–Trinajstić information content (AvgIpc) is 2.74. The molecule has 0 bridgehead atoms. The molecule has 170 valence electrons. The first kappa shape index (κ1) is 24.8. The van der Waals surface area contributed by atoms with Crippen molar-refractivity contribution in [2.75, 3.05) is 56.5 Å². The number of hydrogen-bond acceptors (Lipinski definition) is 6. The highest BCUT2D eigenvalue weighted by molar-refractivity contribution is 14.0. The second-order valence-corrected chi connectivity index (χ2v) is 6.63. The van der Waals surface area contributed by atoms with E-state index in [9.17, 15) is 18.3 Å². The van der Waals surface area contributed by atoms with Crippen LogP contribution in [0.3, 0.4) is 0 Å². The summed E-state index contributed by atoms with van der Waals surface area (Å²) in [5.74, 6) is 0.896. The van der Waals surface area contributed by atoms with Gasteiger partial charge in [-0.15, -0.1) is 24.0 Å². The van der Waals surface area contributed by atoms with Crippen LogP contribution in [0, 0.1) is 0 Å². The van der Waals surface area contributed by atoms with Crippen LogP contribution in [0.15, 0.2) is 41.5 Å². The second kappa shape index (κ2) is 11.2. The van der Waals surface area contributed by atoms with Gasteiger partial charge >= 0.3 is 6.18 Å². The minimum absolute atomic E-state index is 0. The second-order valence-electron chi connectivity index (χ2n) is 6.63. The molecule has 0 saturated carbocycles. The molecule has 1 fully saturated rings. The monoisotopic (exact) mass is 551 g/mol. The summed E-state index contributed by atoms with van der Waals surface area (Å²) in [6, 6.07) is 8.07. The van der Waals surface area contributed by atoms with Crippen LogP contribution < -0.4 is 15.5 Å². The number of anilines is 2. The van der Waals surface area contributed by atoms with Crippen molar-refractivity contribution in [3.8, 4) is 5.75 Å². The van der Waals surface area contributed by atoms with Crippen molar-refractivity contribution in [2.24, 2.45) is 4.99 Å². The summed E-state index contributed by atoms with van der Waals surface area (Å²) < 4.78 is 38.1. The molecule has 1 aliphatic heterocycles. The fraction of sp³-hybridized carbons (Fsp3) is 0.421. The molecule has 31 heavy (non-hydrogen) atoms. The number of nitrogens with one attached hydrogen (secondary N) is 2. The lowest BCUT2D eigenvalue weighted by Gasteiger charge is -2.37. The number of nitrogens with zero attached hydrogens (tertiary/aromatic N) is 5. The van der Waals surface area contributed by atoms with E-state index in [0.29, 0.717) is 19.0 Å². The number of aliphatic imine (C=N–C) groups is 1. The predicted octanol–water partition coefficient (Wildman–Crippen LogP) is 2.63. The zero-order valence-corrected chi connectivity index (χ0v) is 19.3. The number of benzene rings is 1. The lowest BCUT2D eigenvalue weighted by atomic mass is 10.2. The molecule has 0 radical (unpaired) electrons. The largest absolute Gasteiger partial charge is 0.506 e. The summed E-state index contributed by atoms with van der Waals surface area (Å²) in [6.45, 7) is 3.67. The van der Waals surface area contributed by atoms with E-state index < -0.39 is 11.9 Å². The molecule has 2 aromatic rings. The highest BCUT2D eigenvalue weighted by Crippen LogP contribution is 2.28. The van der Waals surface area contributed by atoms with E-state index in [1.54, 1.807) is 19.2 Å². The topological polar surface area (TPSA) is 88.9 Å². The summed E-state index contributed by atoms with van der Waals surface area (Å²) in [4.78, 5) is 15.8. The number of phenolic OH excluding ortho intramolecular Hbond substituents is 1. The SMILES string of the molecule is CN=C(NCCNc1nccc(C(F)(F)F)n1)N1CCN(c2ccccc2O)CC1.I. The van der Waals surface area contributed by atoms with Crippen LogP contribution in [0.4, 0.5) is 24.8 Å². The summed E-state index contributed by atoms with van der Waals surface area (Å²) in [6.07, 6.45) is -3.42. The first-order valence-corrected chi connectivity index (χ1v) is 9.51. The van der Waals surface area contributed by atoms with Crippen molar-refractivity contribution in [1.29, 1.82) is 0 Å². The number of aromatic nitrogens is 2. The van der Waals surface area contributed by atoms with E-state index in [1.165, 1.54) is 0 Å². The molecule has 0 aliphatic carbocycles. The zero-order chi connectivity index (χ0) is 21.6. The molecule has 0 atom stereocenters. The molecular formula is C19H25F3IN7O. The van der Waals surface area contributed by atoms with Gasteiger partial charge in [0.15, 0.2) is 5.96 Å². The normalized spacial score (nSPS) is 14.8. The third kappa shape index (κ3) is 6.74. The number of guanidine groups is 1. The fourth-order valence-electron chi connectivity index (χ4n) is 3.17. The maximum Gasteiger partial charge on any atom is 0.433 e. The van der Waals surface area contributed by atoms with Gasteiger partial charge in [-0.25, -0.2) is 9.97 Å². The smallest absolute Gasteiger partial charge is 0.433 e. The summed E-state index contributed by atoms with van der Waals surface area (Å²) in [5, 5.41) is 16.0. The molecule has 1 saturated heterocycles. The standard InChI is InChI=1S/C19H24F3N7O.HI/c1-23-18(26-9-8-25-17-24-7-6-16(27-17)19(20,21)22)29-12-10-28(11-13-29)14-4-2-3-5-15(14)30;/h2-7,30H,8-13H2,1H3,(H,23,26)(H,24,25,27);1H. The minimum Gasteiger partial charge on any atom is -0.506 e. The summed E-state index contributed by atoms with van der Waals surface area (Å²) in [7, 11) is 1.68. The van der Waals surface area contributed by atoms with Gasteiger partial charge in [-0.2, -0.15) is 13.2 Å². The lowest BCUT2D eigenvalue weighted by Crippen LogP contribution is -2.53. The van der Waals surface area contributed by atoms with Crippen LogP contribution in [0.5, 0.6) is 5.75 Å². The third-order valence-corrected chi connectivity index (χ3v) is 4.65. The van der Waals surface area contributed by atoms with Crippen molar-refractivity contribution in [1.82, 2.24) is 20.2 Å². The Bertz CT molecular complexity index is 874. The van der Waals surface area contributed by atoms with Gasteiger partial charge in [0.1, 0.15) is 11.4 Å². The molecule has 3 rings (SSSR count). The number of aromatic hydroxyl groups is 1. The third-order valence-electron chi connectivity index (χ3n) is 4.65. The van der Waals surface area contributed by atoms with E-state index in [-0.39, 0.29) is 35.7 Å². The van der Waals surface area contributed by atoms with E-state index in [2.05, 4.69) is 35.4 Å². The zero-order valence-electron chi connectivity index (χ0n) is 16.9. The lowest BCUT2D eigenvalue weighted by molar-refractivity contribution is -0.141. The Morgan fingerprint density at radius 2 is 1.84 bits per heavy atom. The Kier molecular flexibility index (Phi) is 8.95. The molecule has 8 nitrogen and oxygen atoms in total. The molecule has 2 heterocycles. The van der Waals surface area contributed by atoms with Crippen molar-refractivity contribution in [2.45, 2.75) is 6.18 Å². The van der Waals surface area contributed by atoms with Crippen LogP contribution in [0.1, 0.15) is 5.69 Å². The predicted molar refractivity (Wildman–Crippen MR) is 124 cm³/mol. The first-order valence-electron chi connectivity index (χ1n) is 9.51. The summed E-state index contributed by atoms with van der Waals surface area (Å²) in [5.41, 5.74) is -0.170. The van der Waals surface area contributed by atoms with E-state index in [0.717, 1.165) is 44.1 Å². The van der Waals surface area contributed by atoms with Gasteiger partial charge < -0.3 is 25.5 Å². The molecule has 0 amide bonds. The van der Waals surface area contributed by atoms with Crippen molar-refractivity contribution >= 4 is 41.6 Å². The van der Waals surface area contributed by atoms with Crippen molar-refractivity contribution < 1.29 is 18.3 Å². The van der Waals surface area contributed by atoms with E-state index in [1.807, 2.05) is 12.1 Å². The number of phenols is 1. The molecule has 3 N–H and O–H groups in total. The van der Waals surface area contributed by atoms with Gasteiger partial charge in [-0.05, 0) is 18.2 Å². The number of halogens is 4. The van der Waals surface area contributed by atoms with Crippen LogP contribution in [-0.4, -0.2) is 72.3 Å². The molecule has 0 unspecified atom stereocenters.